The molecule has 0 heterocycles. The maximum absolute atomic E-state index is 12.1. The van der Waals surface area contributed by atoms with Crippen LogP contribution in [0, 0.1) is 13.8 Å². The molecule has 2 rings (SSSR count). The zero-order valence-corrected chi connectivity index (χ0v) is 11.8. The van der Waals surface area contributed by atoms with Crippen molar-refractivity contribution < 1.29 is 9.90 Å². The van der Waals surface area contributed by atoms with Crippen molar-refractivity contribution in [2.75, 3.05) is 6.54 Å². The molecule has 1 amide bonds. The molecule has 0 radical (unpaired) electrons. The second-order valence-electron chi connectivity index (χ2n) is 5.01. The maximum atomic E-state index is 12.1. The fourth-order valence-electron chi connectivity index (χ4n) is 2.19. The number of amides is 1. The summed E-state index contributed by atoms with van der Waals surface area (Å²) >= 11 is 0. The predicted molar refractivity (Wildman–Crippen MR) is 79.7 cm³/mol. The number of benzene rings is 2. The van der Waals surface area contributed by atoms with Gasteiger partial charge in [-0.1, -0.05) is 47.5 Å². The molecular weight excluding hydrogens is 250 g/mol. The molecule has 0 saturated carbocycles. The Hall–Kier alpha value is -2.13. The van der Waals surface area contributed by atoms with E-state index in [9.17, 15) is 9.90 Å². The second kappa shape index (κ2) is 6.35. The van der Waals surface area contributed by atoms with E-state index in [0.29, 0.717) is 5.56 Å². The van der Waals surface area contributed by atoms with Gasteiger partial charge >= 0.3 is 0 Å². The van der Waals surface area contributed by atoms with Crippen molar-refractivity contribution in [1.29, 1.82) is 0 Å². The van der Waals surface area contributed by atoms with Gasteiger partial charge in [-0.2, -0.15) is 0 Å². The Morgan fingerprint density at radius 2 is 1.70 bits per heavy atom. The third kappa shape index (κ3) is 3.68. The van der Waals surface area contributed by atoms with E-state index in [1.807, 2.05) is 62.4 Å². The Kier molecular flexibility index (Phi) is 4.53. The monoisotopic (exact) mass is 269 g/mol. The molecule has 20 heavy (non-hydrogen) atoms. The first kappa shape index (κ1) is 14.3. The van der Waals surface area contributed by atoms with Crippen LogP contribution in [0.4, 0.5) is 0 Å². The van der Waals surface area contributed by atoms with Crippen molar-refractivity contribution >= 4 is 5.91 Å². The van der Waals surface area contributed by atoms with E-state index in [-0.39, 0.29) is 12.5 Å². The van der Waals surface area contributed by atoms with Crippen molar-refractivity contribution in [1.82, 2.24) is 5.32 Å². The molecule has 3 heteroatoms. The van der Waals surface area contributed by atoms with Gasteiger partial charge in [0.2, 0.25) is 0 Å². The predicted octanol–water partition coefficient (Wildman–Crippen LogP) is 2.77. The number of aryl methyl sites for hydroxylation is 2. The van der Waals surface area contributed by atoms with Crippen molar-refractivity contribution in [3.8, 4) is 0 Å². The van der Waals surface area contributed by atoms with Crippen LogP contribution in [0.25, 0.3) is 0 Å². The zero-order chi connectivity index (χ0) is 14.5. The minimum absolute atomic E-state index is 0.160. The molecule has 0 aliphatic carbocycles. The average molecular weight is 269 g/mol. The fourth-order valence-corrected chi connectivity index (χ4v) is 2.19. The Morgan fingerprint density at radius 3 is 2.30 bits per heavy atom. The van der Waals surface area contributed by atoms with E-state index in [0.717, 1.165) is 16.7 Å². The molecule has 2 N–H and O–H groups in total. The molecule has 2 aromatic carbocycles. The van der Waals surface area contributed by atoms with Crippen molar-refractivity contribution in [3.05, 3.63) is 70.8 Å². The maximum Gasteiger partial charge on any atom is 0.251 e. The Morgan fingerprint density at radius 1 is 1.10 bits per heavy atom. The molecule has 1 atom stereocenters. The number of nitrogens with one attached hydrogen (secondary N) is 1. The number of carbonyl (C=O) groups is 1. The van der Waals surface area contributed by atoms with E-state index in [2.05, 4.69) is 5.32 Å². The largest absolute Gasteiger partial charge is 0.387 e. The van der Waals surface area contributed by atoms with Gasteiger partial charge in [0.25, 0.3) is 5.91 Å². The summed E-state index contributed by atoms with van der Waals surface area (Å²) in [5, 5.41) is 12.8. The molecule has 0 aromatic heterocycles. The standard InChI is InChI=1S/C17H19NO2/c1-12-8-13(2)10-15(9-12)17(20)18-11-16(19)14-6-4-3-5-7-14/h3-10,16,19H,11H2,1-2H3,(H,18,20). The fraction of sp³-hybridized carbons (Fsp3) is 0.235. The third-order valence-electron chi connectivity index (χ3n) is 3.12. The molecule has 2 aromatic rings. The molecule has 0 fully saturated rings. The summed E-state index contributed by atoms with van der Waals surface area (Å²) in [5.41, 5.74) is 3.54. The molecule has 0 aliphatic rings. The van der Waals surface area contributed by atoms with Gasteiger partial charge in [0.1, 0.15) is 0 Å². The van der Waals surface area contributed by atoms with E-state index >= 15 is 0 Å². The van der Waals surface area contributed by atoms with Gasteiger partial charge in [-0.15, -0.1) is 0 Å². The normalized spacial score (nSPS) is 11.9. The number of aliphatic hydroxyl groups is 1. The van der Waals surface area contributed by atoms with Crippen LogP contribution < -0.4 is 5.32 Å². The lowest BCUT2D eigenvalue weighted by molar-refractivity contribution is 0.0916. The van der Waals surface area contributed by atoms with Gasteiger partial charge in [-0.3, -0.25) is 4.79 Å². The first-order chi connectivity index (χ1) is 9.56. The van der Waals surface area contributed by atoms with Gasteiger partial charge in [0, 0.05) is 12.1 Å². The lowest BCUT2D eigenvalue weighted by Crippen LogP contribution is -2.28. The minimum Gasteiger partial charge on any atom is -0.387 e. The number of rotatable bonds is 4. The average Bonchev–Trinajstić information content (AvgIpc) is 2.44. The minimum atomic E-state index is -0.689. The summed E-state index contributed by atoms with van der Waals surface area (Å²) in [7, 11) is 0. The van der Waals surface area contributed by atoms with Crippen LogP contribution >= 0.6 is 0 Å². The summed E-state index contributed by atoms with van der Waals surface area (Å²) in [6.07, 6.45) is -0.689. The molecule has 0 spiro atoms. The summed E-state index contributed by atoms with van der Waals surface area (Å²) in [5.74, 6) is -0.160. The summed E-state index contributed by atoms with van der Waals surface area (Å²) in [4.78, 5) is 12.1. The van der Waals surface area contributed by atoms with Crippen LogP contribution in [0.2, 0.25) is 0 Å². The van der Waals surface area contributed by atoms with Crippen LogP contribution in [-0.4, -0.2) is 17.6 Å². The smallest absolute Gasteiger partial charge is 0.251 e. The molecule has 104 valence electrons. The van der Waals surface area contributed by atoms with E-state index in [4.69, 9.17) is 0 Å². The first-order valence-electron chi connectivity index (χ1n) is 6.66. The SMILES string of the molecule is Cc1cc(C)cc(C(=O)NCC(O)c2ccccc2)c1. The van der Waals surface area contributed by atoms with Crippen LogP contribution in [0.1, 0.15) is 33.2 Å². The highest BCUT2D eigenvalue weighted by atomic mass is 16.3. The Bertz CT molecular complexity index is 573. The molecular formula is C17H19NO2. The van der Waals surface area contributed by atoms with Crippen molar-refractivity contribution in [2.45, 2.75) is 20.0 Å². The highest BCUT2D eigenvalue weighted by Gasteiger charge is 2.11. The van der Waals surface area contributed by atoms with Crippen LogP contribution in [0.3, 0.4) is 0 Å². The quantitative estimate of drug-likeness (QED) is 0.896. The molecule has 0 bridgehead atoms. The molecule has 0 aliphatic heterocycles. The molecule has 1 unspecified atom stereocenters. The molecule has 0 saturated heterocycles. The highest BCUT2D eigenvalue weighted by molar-refractivity contribution is 5.94. The van der Waals surface area contributed by atoms with Crippen LogP contribution in [0.5, 0.6) is 0 Å². The van der Waals surface area contributed by atoms with E-state index in [1.54, 1.807) is 0 Å². The Labute approximate surface area is 119 Å². The topological polar surface area (TPSA) is 49.3 Å². The lowest BCUT2D eigenvalue weighted by atomic mass is 10.1. The first-order valence-corrected chi connectivity index (χ1v) is 6.66. The summed E-state index contributed by atoms with van der Waals surface area (Å²) in [6, 6.07) is 15.0. The highest BCUT2D eigenvalue weighted by Crippen LogP contribution is 2.12. The Balaban J connectivity index is 1.98. The summed E-state index contributed by atoms with van der Waals surface area (Å²) in [6.45, 7) is 4.13. The second-order valence-corrected chi connectivity index (χ2v) is 5.01. The molecule has 3 nitrogen and oxygen atoms in total. The van der Waals surface area contributed by atoms with Gasteiger partial charge < -0.3 is 10.4 Å². The van der Waals surface area contributed by atoms with Gasteiger partial charge in [0.15, 0.2) is 0 Å². The third-order valence-corrected chi connectivity index (χ3v) is 3.12. The van der Waals surface area contributed by atoms with E-state index < -0.39 is 6.10 Å². The van der Waals surface area contributed by atoms with Crippen LogP contribution in [-0.2, 0) is 0 Å². The van der Waals surface area contributed by atoms with Crippen molar-refractivity contribution in [2.24, 2.45) is 0 Å². The summed E-state index contributed by atoms with van der Waals surface area (Å²) < 4.78 is 0. The lowest BCUT2D eigenvalue weighted by Gasteiger charge is -2.12. The number of hydrogen-bond donors (Lipinski definition) is 2. The number of hydrogen-bond acceptors (Lipinski definition) is 2. The zero-order valence-electron chi connectivity index (χ0n) is 11.8. The van der Waals surface area contributed by atoms with Crippen LogP contribution in [0.15, 0.2) is 48.5 Å². The van der Waals surface area contributed by atoms with Crippen molar-refractivity contribution in [3.63, 3.8) is 0 Å². The van der Waals surface area contributed by atoms with E-state index in [1.165, 1.54) is 0 Å². The van der Waals surface area contributed by atoms with Gasteiger partial charge in [-0.05, 0) is 31.5 Å². The van der Waals surface area contributed by atoms with Gasteiger partial charge in [-0.25, -0.2) is 0 Å². The number of carbonyl (C=O) groups excluding carboxylic acids is 1. The number of aliphatic hydroxyl groups excluding tert-OH is 1. The van der Waals surface area contributed by atoms with Gasteiger partial charge in [0.05, 0.1) is 6.10 Å².